The topological polar surface area (TPSA) is 67.6 Å². The number of nitrogens with one attached hydrogen (secondary N) is 1. The molecular formula is C17H25N3O2. The number of hydrogen-bond donors (Lipinski definition) is 2. The summed E-state index contributed by atoms with van der Waals surface area (Å²) in [5.74, 6) is -0.125. The minimum Gasteiger partial charge on any atom is -0.381 e. The molecule has 120 valence electrons. The highest BCUT2D eigenvalue weighted by Crippen LogP contribution is 2.31. The van der Waals surface area contributed by atoms with E-state index in [1.54, 1.807) is 0 Å². The van der Waals surface area contributed by atoms with Gasteiger partial charge in [-0.15, -0.1) is 0 Å². The number of amides is 1. The van der Waals surface area contributed by atoms with E-state index in [9.17, 15) is 4.79 Å². The molecule has 0 saturated carbocycles. The summed E-state index contributed by atoms with van der Waals surface area (Å²) in [4.78, 5) is 13.7. The van der Waals surface area contributed by atoms with E-state index >= 15 is 0 Å². The molecule has 1 amide bonds. The first kappa shape index (κ1) is 15.2. The molecule has 0 radical (unpaired) electrons. The van der Waals surface area contributed by atoms with Gasteiger partial charge in [0, 0.05) is 38.3 Å². The van der Waals surface area contributed by atoms with Crippen LogP contribution < -0.4 is 16.0 Å². The highest BCUT2D eigenvalue weighted by atomic mass is 16.5. The van der Waals surface area contributed by atoms with Crippen molar-refractivity contribution in [2.45, 2.75) is 31.7 Å². The van der Waals surface area contributed by atoms with Gasteiger partial charge in [-0.05, 0) is 37.8 Å². The lowest BCUT2D eigenvalue weighted by Crippen LogP contribution is -2.39. The fourth-order valence-electron chi connectivity index (χ4n) is 3.34. The van der Waals surface area contributed by atoms with E-state index in [4.69, 9.17) is 10.5 Å². The number of carbonyl (C=O) groups is 1. The summed E-state index contributed by atoms with van der Waals surface area (Å²) >= 11 is 0. The molecule has 3 rings (SSSR count). The van der Waals surface area contributed by atoms with Crippen LogP contribution in [0, 0.1) is 5.92 Å². The molecule has 2 aliphatic heterocycles. The fraction of sp³-hybridized carbons (Fsp3) is 0.588. The van der Waals surface area contributed by atoms with E-state index in [2.05, 4.69) is 34.5 Å². The fourth-order valence-corrected chi connectivity index (χ4v) is 3.34. The Morgan fingerprint density at radius 1 is 1.14 bits per heavy atom. The third-order valence-electron chi connectivity index (χ3n) is 4.72. The molecule has 2 fully saturated rings. The van der Waals surface area contributed by atoms with E-state index in [1.165, 1.54) is 11.4 Å². The van der Waals surface area contributed by atoms with E-state index in [0.29, 0.717) is 6.04 Å². The molecule has 2 saturated heterocycles. The van der Waals surface area contributed by atoms with Gasteiger partial charge in [0.1, 0.15) is 0 Å². The highest BCUT2D eigenvalue weighted by Gasteiger charge is 2.24. The van der Waals surface area contributed by atoms with Gasteiger partial charge in [0.2, 0.25) is 5.91 Å². The number of hydrogen-bond acceptors (Lipinski definition) is 4. The quantitative estimate of drug-likeness (QED) is 0.892. The molecule has 0 atom stereocenters. The van der Waals surface area contributed by atoms with Crippen molar-refractivity contribution >= 4 is 17.3 Å². The van der Waals surface area contributed by atoms with Crippen LogP contribution in [0.3, 0.4) is 0 Å². The number of nitrogens with two attached hydrogens (primary N) is 1. The molecule has 3 N–H and O–H groups in total. The van der Waals surface area contributed by atoms with Gasteiger partial charge in [0.25, 0.3) is 0 Å². The molecule has 0 spiro atoms. The summed E-state index contributed by atoms with van der Waals surface area (Å²) in [6.45, 7) is 3.45. The van der Waals surface area contributed by atoms with E-state index < -0.39 is 0 Å². The van der Waals surface area contributed by atoms with Crippen molar-refractivity contribution in [2.24, 2.45) is 11.7 Å². The second-order valence-electron chi connectivity index (χ2n) is 6.21. The number of anilines is 2. The molecule has 5 nitrogen and oxygen atoms in total. The minimum atomic E-state index is -0.159. The first-order chi connectivity index (χ1) is 10.7. The van der Waals surface area contributed by atoms with Gasteiger partial charge in [0.15, 0.2) is 0 Å². The Bertz CT molecular complexity index is 506. The van der Waals surface area contributed by atoms with Crippen molar-refractivity contribution < 1.29 is 9.53 Å². The molecular weight excluding hydrogens is 278 g/mol. The Balaban J connectivity index is 1.67. The normalized spacial score (nSPS) is 20.8. The van der Waals surface area contributed by atoms with Crippen LogP contribution in [0.15, 0.2) is 24.3 Å². The second kappa shape index (κ2) is 7.01. The Morgan fingerprint density at radius 3 is 2.50 bits per heavy atom. The van der Waals surface area contributed by atoms with Crippen molar-refractivity contribution in [1.29, 1.82) is 0 Å². The van der Waals surface area contributed by atoms with Crippen LogP contribution in [0.25, 0.3) is 0 Å². The third-order valence-corrected chi connectivity index (χ3v) is 4.72. The van der Waals surface area contributed by atoms with Gasteiger partial charge in [-0.25, -0.2) is 0 Å². The average Bonchev–Trinajstić information content (AvgIpc) is 2.56. The molecule has 0 bridgehead atoms. The van der Waals surface area contributed by atoms with Crippen LogP contribution in [0.4, 0.5) is 11.4 Å². The summed E-state index contributed by atoms with van der Waals surface area (Å²) in [7, 11) is 0. The lowest BCUT2D eigenvalue weighted by Gasteiger charge is -2.34. The number of ether oxygens (including phenoxy) is 1. The summed E-state index contributed by atoms with van der Waals surface area (Å²) in [6, 6.07) is 8.93. The number of primary amides is 1. The first-order valence-electron chi connectivity index (χ1n) is 8.21. The molecule has 1 aromatic rings. The van der Waals surface area contributed by atoms with Gasteiger partial charge in [-0.2, -0.15) is 0 Å². The lowest BCUT2D eigenvalue weighted by atomic mass is 9.95. The van der Waals surface area contributed by atoms with Gasteiger partial charge < -0.3 is 20.7 Å². The van der Waals surface area contributed by atoms with Crippen LogP contribution in [-0.2, 0) is 9.53 Å². The van der Waals surface area contributed by atoms with Gasteiger partial charge >= 0.3 is 0 Å². The van der Waals surface area contributed by atoms with Crippen molar-refractivity contribution in [3.8, 4) is 0 Å². The van der Waals surface area contributed by atoms with Crippen molar-refractivity contribution in [2.75, 3.05) is 36.5 Å². The predicted molar refractivity (Wildman–Crippen MR) is 88.0 cm³/mol. The van der Waals surface area contributed by atoms with Gasteiger partial charge in [0.05, 0.1) is 11.4 Å². The maximum Gasteiger partial charge on any atom is 0.220 e. The zero-order valence-corrected chi connectivity index (χ0v) is 13.0. The zero-order valence-electron chi connectivity index (χ0n) is 13.0. The SMILES string of the molecule is NC(=O)C1CCN(c2ccccc2NC2CCOCC2)CC1. The number of carbonyl (C=O) groups excluding carboxylic acids is 1. The smallest absolute Gasteiger partial charge is 0.220 e. The summed E-state index contributed by atoms with van der Waals surface area (Å²) in [6.07, 6.45) is 3.80. The molecule has 0 aromatic heterocycles. The van der Waals surface area contributed by atoms with Crippen LogP contribution in [0.5, 0.6) is 0 Å². The van der Waals surface area contributed by atoms with Crippen molar-refractivity contribution in [1.82, 2.24) is 0 Å². The Hall–Kier alpha value is -1.75. The van der Waals surface area contributed by atoms with Gasteiger partial charge in [-0.3, -0.25) is 4.79 Å². The summed E-state index contributed by atoms with van der Waals surface area (Å²) < 4.78 is 5.42. The molecule has 2 heterocycles. The van der Waals surface area contributed by atoms with E-state index in [-0.39, 0.29) is 11.8 Å². The second-order valence-corrected chi connectivity index (χ2v) is 6.21. The minimum absolute atomic E-state index is 0.0341. The zero-order chi connectivity index (χ0) is 15.4. The molecule has 5 heteroatoms. The van der Waals surface area contributed by atoms with Gasteiger partial charge in [-0.1, -0.05) is 12.1 Å². The van der Waals surface area contributed by atoms with Crippen LogP contribution >= 0.6 is 0 Å². The molecule has 22 heavy (non-hydrogen) atoms. The standard InChI is InChI=1S/C17H25N3O2/c18-17(21)13-5-9-20(10-6-13)16-4-2-1-3-15(16)19-14-7-11-22-12-8-14/h1-4,13-14,19H,5-12H2,(H2,18,21). The maximum atomic E-state index is 11.3. The highest BCUT2D eigenvalue weighted by molar-refractivity contribution is 5.77. The molecule has 0 unspecified atom stereocenters. The lowest BCUT2D eigenvalue weighted by molar-refractivity contribution is -0.122. The number of nitrogens with zero attached hydrogens (tertiary/aromatic N) is 1. The first-order valence-corrected chi connectivity index (χ1v) is 8.21. The third kappa shape index (κ3) is 3.53. The van der Waals surface area contributed by atoms with Crippen molar-refractivity contribution in [3.63, 3.8) is 0 Å². The Kier molecular flexibility index (Phi) is 4.83. The largest absolute Gasteiger partial charge is 0.381 e. The van der Waals surface area contributed by atoms with Crippen LogP contribution in [-0.4, -0.2) is 38.3 Å². The maximum absolute atomic E-state index is 11.3. The van der Waals surface area contributed by atoms with E-state index in [1.807, 2.05) is 0 Å². The molecule has 0 aliphatic carbocycles. The van der Waals surface area contributed by atoms with E-state index in [0.717, 1.165) is 52.0 Å². The van der Waals surface area contributed by atoms with Crippen molar-refractivity contribution in [3.05, 3.63) is 24.3 Å². The molecule has 1 aromatic carbocycles. The number of para-hydroxylation sites is 2. The van der Waals surface area contributed by atoms with Crippen LogP contribution in [0.1, 0.15) is 25.7 Å². The Labute approximate surface area is 131 Å². The number of benzene rings is 1. The molecule has 2 aliphatic rings. The van der Waals surface area contributed by atoms with Crippen LogP contribution in [0.2, 0.25) is 0 Å². The monoisotopic (exact) mass is 303 g/mol. The summed E-state index contributed by atoms with van der Waals surface area (Å²) in [5.41, 5.74) is 7.84. The average molecular weight is 303 g/mol. The number of piperidine rings is 1. The number of rotatable bonds is 4. The predicted octanol–water partition coefficient (Wildman–Crippen LogP) is 1.98. The Morgan fingerprint density at radius 2 is 1.82 bits per heavy atom. The summed E-state index contributed by atoms with van der Waals surface area (Å²) in [5, 5.41) is 3.67.